The fourth-order valence-electron chi connectivity index (χ4n) is 0.483. The molecule has 0 aliphatic carbocycles. The van der Waals surface area contributed by atoms with E-state index in [2.05, 4.69) is 4.74 Å². The first kappa shape index (κ1) is 11.2. The zero-order valence-electron chi connectivity index (χ0n) is 6.49. The van der Waals surface area contributed by atoms with Crippen LogP contribution in [0.5, 0.6) is 0 Å². The minimum atomic E-state index is -2.03. The lowest BCUT2D eigenvalue weighted by Gasteiger charge is -2.22. The number of rotatable bonds is 3. The van der Waals surface area contributed by atoms with E-state index in [-0.39, 0.29) is 0 Å². The van der Waals surface area contributed by atoms with E-state index >= 15 is 0 Å². The Bertz CT molecular complexity index is 149. The Kier molecular flexibility index (Phi) is 3.10. The maximum Gasteiger partial charge on any atom is 0.314 e. The van der Waals surface area contributed by atoms with E-state index in [4.69, 9.17) is 34.4 Å². The highest BCUT2D eigenvalue weighted by Gasteiger charge is 2.24. The van der Waals surface area contributed by atoms with Crippen LogP contribution in [0, 0.1) is 0 Å². The molecule has 0 aromatic carbocycles. The van der Waals surface area contributed by atoms with Crippen molar-refractivity contribution in [2.45, 2.75) is 18.2 Å². The summed E-state index contributed by atoms with van der Waals surface area (Å²) in [4.78, 5) is 10.8. The molecule has 0 unspecified atom stereocenters. The number of ether oxygens (including phenoxy) is 1. The van der Waals surface area contributed by atoms with Crippen LogP contribution in [0.1, 0.15) is 6.42 Å². The molecule has 0 rings (SSSR count). The van der Waals surface area contributed by atoms with Crippen LogP contribution in [0.3, 0.4) is 0 Å². The fourth-order valence-corrected chi connectivity index (χ4v) is 0.483. The van der Waals surface area contributed by atoms with Gasteiger partial charge in [0.2, 0.25) is 0 Å². The van der Waals surface area contributed by atoms with Crippen LogP contribution >= 0.6 is 0 Å². The van der Waals surface area contributed by atoms with Crippen molar-refractivity contribution in [3.63, 3.8) is 0 Å². The molecule has 0 spiro atoms. The first-order chi connectivity index (χ1) is 5.10. The second-order valence-corrected chi connectivity index (χ2v) is 2.62. The summed E-state index contributed by atoms with van der Waals surface area (Å²) in [7, 11) is 0. The second-order valence-electron chi connectivity index (χ2n) is 2.62. The van der Waals surface area contributed by atoms with Crippen molar-refractivity contribution in [1.82, 2.24) is 0 Å². The molecule has 0 amide bonds. The highest BCUT2D eigenvalue weighted by Crippen LogP contribution is 1.95. The third-order valence-electron chi connectivity index (χ3n) is 0.741. The first-order valence-corrected chi connectivity index (χ1v) is 3.05. The van der Waals surface area contributed by atoms with E-state index in [0.717, 1.165) is 0 Å². The number of nitrogens with two attached hydrogens (primary N) is 6. The van der Waals surface area contributed by atoms with E-state index in [0.29, 0.717) is 0 Å². The van der Waals surface area contributed by atoms with Gasteiger partial charge in [0.15, 0.2) is 0 Å². The Hall–Kier alpha value is -0.770. The molecule has 8 nitrogen and oxygen atoms in total. The molecular weight excluding hydrogens is 164 g/mol. The van der Waals surface area contributed by atoms with E-state index in [1.807, 2.05) is 0 Å². The van der Waals surface area contributed by atoms with Gasteiger partial charge in [-0.2, -0.15) is 0 Å². The summed E-state index contributed by atoms with van der Waals surface area (Å²) in [5.41, 5.74) is 30.1. The minimum absolute atomic E-state index is 0.430. The van der Waals surface area contributed by atoms with Gasteiger partial charge in [-0.1, -0.05) is 0 Å². The molecule has 0 aliphatic rings. The van der Waals surface area contributed by atoms with Crippen LogP contribution in [0.15, 0.2) is 0 Å². The molecule has 0 radical (unpaired) electrons. The Morgan fingerprint density at radius 1 is 1.08 bits per heavy atom. The quantitative estimate of drug-likeness (QED) is 0.186. The number of carbonyl (C=O) groups is 1. The van der Waals surface area contributed by atoms with Gasteiger partial charge in [-0.3, -0.25) is 22.0 Å². The molecule has 0 heterocycles. The normalized spacial score (nSPS) is 12.8. The molecule has 0 fully saturated rings. The lowest BCUT2D eigenvalue weighted by Crippen LogP contribution is -2.63. The van der Waals surface area contributed by atoms with Gasteiger partial charge in [0, 0.05) is 0 Å². The number of hydrogen-bond acceptors (Lipinski definition) is 8. The van der Waals surface area contributed by atoms with Gasteiger partial charge in [0.05, 0.1) is 6.42 Å². The molecule has 12 N–H and O–H groups in total. The highest BCUT2D eigenvalue weighted by atomic mass is 16.6. The third kappa shape index (κ3) is 7.34. The second kappa shape index (κ2) is 3.31. The Labute approximate surface area is 69.1 Å². The maximum atomic E-state index is 10.8. The van der Waals surface area contributed by atoms with Gasteiger partial charge in [0.1, 0.15) is 5.79 Å². The Morgan fingerprint density at radius 3 is 1.75 bits per heavy atom. The van der Waals surface area contributed by atoms with Crippen LogP contribution in [0.2, 0.25) is 0 Å². The summed E-state index contributed by atoms with van der Waals surface area (Å²) < 4.78 is 4.27. The van der Waals surface area contributed by atoms with Crippen molar-refractivity contribution >= 4 is 5.97 Å². The number of carbonyl (C=O) groups excluding carboxylic acids is 1. The lowest BCUT2D eigenvalue weighted by atomic mass is 10.3. The zero-order chi connectivity index (χ0) is 9.99. The van der Waals surface area contributed by atoms with Gasteiger partial charge >= 0.3 is 5.97 Å². The van der Waals surface area contributed by atoms with Crippen LogP contribution in [-0.2, 0) is 9.53 Å². The number of esters is 1. The topological polar surface area (TPSA) is 182 Å². The zero-order valence-corrected chi connectivity index (χ0v) is 6.49. The van der Waals surface area contributed by atoms with Crippen molar-refractivity contribution in [2.24, 2.45) is 34.4 Å². The van der Waals surface area contributed by atoms with E-state index in [1.54, 1.807) is 0 Å². The van der Waals surface area contributed by atoms with Crippen molar-refractivity contribution in [1.29, 1.82) is 0 Å². The predicted molar refractivity (Wildman–Crippen MR) is 41.3 cm³/mol. The fraction of sp³-hybridized carbons (Fsp3) is 0.750. The summed E-state index contributed by atoms with van der Waals surface area (Å²) >= 11 is 0. The molecule has 0 bridgehead atoms. The smallest absolute Gasteiger partial charge is 0.314 e. The summed E-state index contributed by atoms with van der Waals surface area (Å²) in [5.74, 6) is -4.54. The molecule has 0 saturated carbocycles. The molecule has 72 valence electrons. The SMILES string of the molecule is NC(N)(N)CC(=O)OC(N)(N)N. The van der Waals surface area contributed by atoms with Crippen molar-refractivity contribution < 1.29 is 9.53 Å². The average molecular weight is 178 g/mol. The van der Waals surface area contributed by atoms with E-state index in [9.17, 15) is 4.79 Å². The Balaban J connectivity index is 3.92. The van der Waals surface area contributed by atoms with Crippen LogP contribution in [0.25, 0.3) is 0 Å². The van der Waals surface area contributed by atoms with Crippen LogP contribution < -0.4 is 34.4 Å². The van der Waals surface area contributed by atoms with Crippen LogP contribution in [0.4, 0.5) is 0 Å². The van der Waals surface area contributed by atoms with Crippen molar-refractivity contribution in [3.8, 4) is 0 Å². The predicted octanol–water partition coefficient (Wildman–Crippen LogP) is -4.06. The third-order valence-corrected chi connectivity index (χ3v) is 0.741. The molecule has 0 aromatic rings. The summed E-state index contributed by atoms with van der Waals surface area (Å²) in [5, 5.41) is 0. The highest BCUT2D eigenvalue weighted by molar-refractivity contribution is 5.70. The molecule has 0 saturated heterocycles. The average Bonchev–Trinajstić information content (AvgIpc) is 1.49. The van der Waals surface area contributed by atoms with Gasteiger partial charge < -0.3 is 21.9 Å². The Morgan fingerprint density at radius 2 is 1.50 bits per heavy atom. The monoisotopic (exact) mass is 178 g/mol. The largest absolute Gasteiger partial charge is 0.416 e. The van der Waals surface area contributed by atoms with E-state index in [1.165, 1.54) is 0 Å². The molecule has 0 aliphatic heterocycles. The number of hydrogen-bond donors (Lipinski definition) is 6. The van der Waals surface area contributed by atoms with Gasteiger partial charge in [-0.15, -0.1) is 0 Å². The summed E-state index contributed by atoms with van der Waals surface area (Å²) in [6.45, 7) is 0. The molecule has 8 heteroatoms. The van der Waals surface area contributed by atoms with Crippen LogP contribution in [-0.4, -0.2) is 17.7 Å². The minimum Gasteiger partial charge on any atom is -0.416 e. The molecule has 12 heavy (non-hydrogen) atoms. The standard InChI is InChI=1S/C4H14N6O2/c5-3(6,7)1-2(11)12-4(8,9)10/h1,5-10H2. The maximum absolute atomic E-state index is 10.8. The summed E-state index contributed by atoms with van der Waals surface area (Å²) in [6.07, 6.45) is -0.430. The van der Waals surface area contributed by atoms with Gasteiger partial charge in [0.25, 0.3) is 5.97 Å². The molecule has 0 aromatic heterocycles. The summed E-state index contributed by atoms with van der Waals surface area (Å²) in [6, 6.07) is 0. The van der Waals surface area contributed by atoms with Gasteiger partial charge in [-0.05, 0) is 0 Å². The molecular formula is C4H14N6O2. The lowest BCUT2D eigenvalue weighted by molar-refractivity contribution is -0.159. The first-order valence-electron chi connectivity index (χ1n) is 3.05. The van der Waals surface area contributed by atoms with E-state index < -0.39 is 24.1 Å². The van der Waals surface area contributed by atoms with Crippen molar-refractivity contribution in [2.75, 3.05) is 0 Å². The van der Waals surface area contributed by atoms with Crippen molar-refractivity contribution in [3.05, 3.63) is 0 Å². The molecule has 0 atom stereocenters. The van der Waals surface area contributed by atoms with Gasteiger partial charge in [-0.25, -0.2) is 0 Å².